The average Bonchev–Trinajstić information content (AvgIpc) is 2.66. The summed E-state index contributed by atoms with van der Waals surface area (Å²) in [4.78, 5) is 35.5. The van der Waals surface area contributed by atoms with Crippen LogP contribution in [0.1, 0.15) is 33.6 Å². The summed E-state index contributed by atoms with van der Waals surface area (Å²) in [5.74, 6) is 0.0660. The van der Waals surface area contributed by atoms with Gasteiger partial charge in [-0.3, -0.25) is 9.59 Å². The summed E-state index contributed by atoms with van der Waals surface area (Å²) in [6, 6.07) is 10.6. The van der Waals surface area contributed by atoms with Crippen LogP contribution in [0.4, 0.5) is 16.2 Å². The molecule has 1 saturated carbocycles. The highest BCUT2D eigenvalue weighted by Gasteiger charge is 2.32. The molecular weight excluding hydrogens is 374 g/mol. The lowest BCUT2D eigenvalue weighted by Crippen LogP contribution is -2.53. The van der Waals surface area contributed by atoms with Crippen LogP contribution in [0.2, 0.25) is 0 Å². The van der Waals surface area contributed by atoms with E-state index in [0.717, 1.165) is 0 Å². The third-order valence-corrected chi connectivity index (χ3v) is 4.73. The van der Waals surface area contributed by atoms with Crippen molar-refractivity contribution in [3.8, 4) is 5.75 Å². The Balaban J connectivity index is 1.48. The molecule has 2 aromatic rings. The average molecular weight is 397 g/mol. The molecule has 0 heterocycles. The monoisotopic (exact) mass is 397 g/mol. The summed E-state index contributed by atoms with van der Waals surface area (Å²) in [5, 5.41) is 8.27. The number of rotatable bonds is 6. The van der Waals surface area contributed by atoms with Gasteiger partial charge in [-0.2, -0.15) is 0 Å². The Kier molecular flexibility index (Phi) is 5.87. The lowest BCUT2D eigenvalue weighted by Gasteiger charge is -2.36. The van der Waals surface area contributed by atoms with Gasteiger partial charge in [0.2, 0.25) is 0 Å². The highest BCUT2D eigenvalue weighted by molar-refractivity contribution is 6.00. The zero-order valence-corrected chi connectivity index (χ0v) is 15.9. The predicted octanol–water partition coefficient (Wildman–Crippen LogP) is 1.46. The number of amides is 4. The Hall–Kier alpha value is -3.75. The second kappa shape index (κ2) is 8.51. The maximum Gasteiger partial charge on any atom is 0.316 e. The Labute approximate surface area is 167 Å². The van der Waals surface area contributed by atoms with Crippen LogP contribution in [0.15, 0.2) is 42.5 Å². The molecule has 0 unspecified atom stereocenters. The van der Waals surface area contributed by atoms with Gasteiger partial charge < -0.3 is 32.2 Å². The number of ether oxygens (including phenoxy) is 1. The van der Waals surface area contributed by atoms with Gasteiger partial charge in [0.15, 0.2) is 0 Å². The largest absolute Gasteiger partial charge is 0.497 e. The molecule has 0 aliphatic heterocycles. The van der Waals surface area contributed by atoms with Gasteiger partial charge in [0.25, 0.3) is 11.8 Å². The summed E-state index contributed by atoms with van der Waals surface area (Å²) in [6.07, 6.45) is 1.26. The molecule has 0 atom stereocenters. The fourth-order valence-corrected chi connectivity index (χ4v) is 3.09. The number of benzene rings is 2. The summed E-state index contributed by atoms with van der Waals surface area (Å²) < 4.78 is 5.12. The first-order valence-electron chi connectivity index (χ1n) is 9.07. The molecule has 0 saturated heterocycles. The Morgan fingerprint density at radius 3 is 2.17 bits per heavy atom. The number of primary amides is 1. The SMILES string of the molecule is COc1ccc(N)c(C(=O)NC2CC(NC(=O)c3ccc(NC(N)=O)cc3)C2)c1. The van der Waals surface area contributed by atoms with Crippen molar-refractivity contribution in [2.24, 2.45) is 5.73 Å². The van der Waals surface area contributed by atoms with E-state index in [0.29, 0.717) is 41.1 Å². The third kappa shape index (κ3) is 4.95. The molecular formula is C20H23N5O4. The number of anilines is 2. The molecule has 3 rings (SSSR count). The molecule has 4 amide bonds. The van der Waals surface area contributed by atoms with E-state index >= 15 is 0 Å². The number of nitrogen functional groups attached to an aromatic ring is 1. The highest BCUT2D eigenvalue weighted by Crippen LogP contribution is 2.24. The second-order valence-corrected chi connectivity index (χ2v) is 6.83. The Bertz CT molecular complexity index is 923. The van der Waals surface area contributed by atoms with Crippen LogP contribution in [0.25, 0.3) is 0 Å². The lowest BCUT2D eigenvalue weighted by molar-refractivity contribution is 0.0863. The van der Waals surface area contributed by atoms with Crippen LogP contribution in [-0.2, 0) is 0 Å². The zero-order valence-electron chi connectivity index (χ0n) is 15.9. The van der Waals surface area contributed by atoms with Crippen LogP contribution >= 0.6 is 0 Å². The second-order valence-electron chi connectivity index (χ2n) is 6.83. The topological polar surface area (TPSA) is 149 Å². The third-order valence-electron chi connectivity index (χ3n) is 4.73. The number of nitrogens with one attached hydrogen (secondary N) is 3. The summed E-state index contributed by atoms with van der Waals surface area (Å²) >= 11 is 0. The van der Waals surface area contributed by atoms with Crippen molar-refractivity contribution in [1.29, 1.82) is 0 Å². The van der Waals surface area contributed by atoms with E-state index in [9.17, 15) is 14.4 Å². The molecule has 1 aliphatic rings. The van der Waals surface area contributed by atoms with Gasteiger partial charge in [0.1, 0.15) is 5.75 Å². The number of methoxy groups -OCH3 is 1. The first-order valence-corrected chi connectivity index (χ1v) is 9.07. The number of nitrogens with two attached hydrogens (primary N) is 2. The first kappa shape index (κ1) is 20.0. The molecule has 9 heteroatoms. The Morgan fingerprint density at radius 2 is 1.59 bits per heavy atom. The standard InChI is InChI=1S/C20H23N5O4/c1-29-15-6-7-17(21)16(10-15)19(27)24-14-8-13(9-14)23-18(26)11-2-4-12(5-3-11)25-20(22)28/h2-7,10,13-14H,8-9,21H2,1H3,(H,23,26)(H,24,27)(H3,22,25,28). The van der Waals surface area contributed by atoms with Crippen molar-refractivity contribution >= 4 is 29.2 Å². The van der Waals surface area contributed by atoms with Gasteiger partial charge in [-0.05, 0) is 55.3 Å². The van der Waals surface area contributed by atoms with Crippen LogP contribution in [-0.4, -0.2) is 37.0 Å². The molecule has 0 radical (unpaired) electrons. The first-order chi connectivity index (χ1) is 13.9. The van der Waals surface area contributed by atoms with Crippen molar-refractivity contribution < 1.29 is 19.1 Å². The van der Waals surface area contributed by atoms with Crippen molar-refractivity contribution in [1.82, 2.24) is 10.6 Å². The maximum absolute atomic E-state index is 12.4. The lowest BCUT2D eigenvalue weighted by atomic mass is 9.86. The zero-order chi connectivity index (χ0) is 21.0. The summed E-state index contributed by atoms with van der Waals surface area (Å²) in [5.41, 5.74) is 12.6. The smallest absolute Gasteiger partial charge is 0.316 e. The maximum atomic E-state index is 12.4. The van der Waals surface area contributed by atoms with Crippen LogP contribution in [0.5, 0.6) is 5.75 Å². The van der Waals surface area contributed by atoms with E-state index in [1.165, 1.54) is 7.11 Å². The van der Waals surface area contributed by atoms with Crippen molar-refractivity contribution in [2.45, 2.75) is 24.9 Å². The highest BCUT2D eigenvalue weighted by atomic mass is 16.5. The van der Waals surface area contributed by atoms with E-state index in [1.54, 1.807) is 42.5 Å². The van der Waals surface area contributed by atoms with Crippen LogP contribution in [0.3, 0.4) is 0 Å². The normalized spacial score (nSPS) is 17.6. The van der Waals surface area contributed by atoms with E-state index < -0.39 is 6.03 Å². The number of hydrogen-bond acceptors (Lipinski definition) is 5. The Morgan fingerprint density at radius 1 is 0.966 bits per heavy atom. The molecule has 0 spiro atoms. The molecule has 7 N–H and O–H groups in total. The van der Waals surface area contributed by atoms with Gasteiger partial charge in [-0.1, -0.05) is 0 Å². The van der Waals surface area contributed by atoms with Crippen molar-refractivity contribution in [3.05, 3.63) is 53.6 Å². The van der Waals surface area contributed by atoms with Crippen molar-refractivity contribution in [3.63, 3.8) is 0 Å². The number of hydrogen-bond donors (Lipinski definition) is 5. The van der Waals surface area contributed by atoms with Gasteiger partial charge in [0, 0.05) is 29.0 Å². The molecule has 1 aliphatic carbocycles. The van der Waals surface area contributed by atoms with Crippen LogP contribution < -0.4 is 32.2 Å². The molecule has 29 heavy (non-hydrogen) atoms. The summed E-state index contributed by atoms with van der Waals surface area (Å²) in [6.45, 7) is 0. The minimum absolute atomic E-state index is 0.0288. The summed E-state index contributed by atoms with van der Waals surface area (Å²) in [7, 11) is 1.52. The fraction of sp³-hybridized carbons (Fsp3) is 0.250. The molecule has 2 aromatic carbocycles. The quantitative estimate of drug-likeness (QED) is 0.468. The van der Waals surface area contributed by atoms with Crippen LogP contribution in [0, 0.1) is 0 Å². The minimum atomic E-state index is -0.666. The fourth-order valence-electron chi connectivity index (χ4n) is 3.09. The van der Waals surface area contributed by atoms with E-state index in [1.807, 2.05) is 0 Å². The van der Waals surface area contributed by atoms with Crippen molar-refractivity contribution in [2.75, 3.05) is 18.2 Å². The number of carbonyl (C=O) groups is 3. The van der Waals surface area contributed by atoms with Gasteiger partial charge in [-0.25, -0.2) is 4.79 Å². The van der Waals surface area contributed by atoms with Gasteiger partial charge >= 0.3 is 6.03 Å². The van der Waals surface area contributed by atoms with E-state index in [4.69, 9.17) is 16.2 Å². The predicted molar refractivity (Wildman–Crippen MR) is 109 cm³/mol. The molecule has 0 aromatic heterocycles. The van der Waals surface area contributed by atoms with E-state index in [-0.39, 0.29) is 23.9 Å². The molecule has 9 nitrogen and oxygen atoms in total. The minimum Gasteiger partial charge on any atom is -0.497 e. The molecule has 152 valence electrons. The van der Waals surface area contributed by atoms with Gasteiger partial charge in [-0.15, -0.1) is 0 Å². The molecule has 1 fully saturated rings. The number of carbonyl (C=O) groups excluding carboxylic acids is 3. The van der Waals surface area contributed by atoms with Gasteiger partial charge in [0.05, 0.1) is 12.7 Å². The number of urea groups is 1. The van der Waals surface area contributed by atoms with E-state index in [2.05, 4.69) is 16.0 Å². The molecule has 0 bridgehead atoms.